The minimum Gasteiger partial charge on any atom is -0.230 e. The fraction of sp³-hybridized carbons (Fsp3) is 0.667. The Labute approximate surface area is 31.4 Å². The molecule has 0 aromatic rings. The molecule has 0 aliphatic rings. The maximum atomic E-state index is 7.72. The summed E-state index contributed by atoms with van der Waals surface area (Å²) in [5.41, 5.74) is 0. The molecule has 0 saturated heterocycles. The summed E-state index contributed by atoms with van der Waals surface area (Å²) in [7, 11) is 1.61. The van der Waals surface area contributed by atoms with Gasteiger partial charge < -0.3 is 0 Å². The first-order valence-electron chi connectivity index (χ1n) is 1.34. The largest absolute Gasteiger partial charge is 0.230 e. The Morgan fingerprint density at radius 2 is 2.60 bits per heavy atom. The molecule has 0 aliphatic carbocycles. The molecule has 0 atom stereocenters. The fourth-order valence-electron chi connectivity index (χ4n) is 0.0707. The maximum absolute atomic E-state index is 7.72. The van der Waals surface area contributed by atoms with Crippen LogP contribution in [0.1, 0.15) is 0 Å². The zero-order chi connectivity index (χ0) is 4.12. The predicted molar refractivity (Wildman–Crippen MR) is 18.5 cm³/mol. The number of nitrogens with zero attached hydrogens (tertiary/aromatic N) is 2. The van der Waals surface area contributed by atoms with Crippen LogP contribution in [-0.4, -0.2) is 13.6 Å². The second-order valence-corrected chi connectivity index (χ2v) is 0.632. The molecule has 0 N–H and O–H groups in total. The van der Waals surface area contributed by atoms with Crippen molar-refractivity contribution in [3.8, 4) is 6.07 Å². The molecule has 2 nitrogen and oxygen atoms in total. The first-order chi connectivity index (χ1) is 2.41. The number of nitriles is 1. The van der Waals surface area contributed by atoms with Gasteiger partial charge in [-0.05, 0) is 0 Å². The van der Waals surface area contributed by atoms with Gasteiger partial charge in [0.1, 0.15) is 6.54 Å². The van der Waals surface area contributed by atoms with E-state index in [1.807, 2.05) is 6.07 Å². The van der Waals surface area contributed by atoms with Gasteiger partial charge in [0, 0.05) is 7.05 Å². The molecule has 0 saturated carbocycles. The molecule has 0 aliphatic heterocycles. The highest BCUT2D eigenvalue weighted by atomic mass is 14.8. The van der Waals surface area contributed by atoms with E-state index in [0.717, 1.165) is 0 Å². The molecule has 1 radical (unpaired) electrons. The Bertz CT molecular complexity index is 43.3. The predicted octanol–water partition coefficient (Wildman–Crippen LogP) is -0.256. The van der Waals surface area contributed by atoms with Crippen LogP contribution in [0.25, 0.3) is 0 Å². The van der Waals surface area contributed by atoms with Gasteiger partial charge in [0.15, 0.2) is 0 Å². The van der Waals surface area contributed by atoms with E-state index in [-0.39, 0.29) is 0 Å². The molecule has 0 rings (SSSR count). The maximum Gasteiger partial charge on any atom is 0.100 e. The second kappa shape index (κ2) is 3.45. The van der Waals surface area contributed by atoms with Crippen LogP contribution in [0.3, 0.4) is 0 Å². The van der Waals surface area contributed by atoms with Crippen molar-refractivity contribution in [2.45, 2.75) is 0 Å². The number of rotatable bonds is 1. The van der Waals surface area contributed by atoms with Crippen molar-refractivity contribution in [2.75, 3.05) is 13.6 Å². The molecule has 0 aromatic heterocycles. The van der Waals surface area contributed by atoms with Crippen molar-refractivity contribution in [3.05, 3.63) is 0 Å². The Kier molecular flexibility index (Phi) is 3.07. The van der Waals surface area contributed by atoms with Gasteiger partial charge in [-0.1, -0.05) is 0 Å². The van der Waals surface area contributed by atoms with Crippen LogP contribution < -0.4 is 5.32 Å². The summed E-state index contributed by atoms with van der Waals surface area (Å²) in [6.07, 6.45) is 0. The van der Waals surface area contributed by atoms with E-state index in [1.54, 1.807) is 7.05 Å². The van der Waals surface area contributed by atoms with E-state index in [4.69, 9.17) is 5.26 Å². The highest BCUT2D eigenvalue weighted by Gasteiger charge is 1.63. The Balaban J connectivity index is 2.48. The second-order valence-electron chi connectivity index (χ2n) is 0.632. The summed E-state index contributed by atoms with van der Waals surface area (Å²) in [6, 6.07) is 1.85. The van der Waals surface area contributed by atoms with Crippen LogP contribution in [0.2, 0.25) is 0 Å². The number of hydrogen-bond acceptors (Lipinski definition) is 1. The topological polar surface area (TPSA) is 37.9 Å². The highest BCUT2D eigenvalue weighted by molar-refractivity contribution is 4.69. The summed E-state index contributed by atoms with van der Waals surface area (Å²) in [5.74, 6) is 0. The van der Waals surface area contributed by atoms with E-state index in [1.165, 1.54) is 0 Å². The molecule has 0 spiro atoms. The van der Waals surface area contributed by atoms with Crippen molar-refractivity contribution in [2.24, 2.45) is 0 Å². The quantitative estimate of drug-likeness (QED) is 0.391. The molecular weight excluding hydrogens is 64.0 g/mol. The summed E-state index contributed by atoms with van der Waals surface area (Å²) in [5, 5.41) is 11.2. The third-order valence-electron chi connectivity index (χ3n) is 0.229. The van der Waals surface area contributed by atoms with Gasteiger partial charge in [-0.15, -0.1) is 0 Å². The molecule has 5 heavy (non-hydrogen) atoms. The van der Waals surface area contributed by atoms with Crippen molar-refractivity contribution in [3.63, 3.8) is 0 Å². The average Bonchev–Trinajstić information content (AvgIpc) is 1.41. The van der Waals surface area contributed by atoms with Gasteiger partial charge in [-0.3, -0.25) is 0 Å². The summed E-state index contributed by atoms with van der Waals surface area (Å²) < 4.78 is 0. The molecule has 0 amide bonds. The van der Waals surface area contributed by atoms with Crippen LogP contribution >= 0.6 is 0 Å². The summed E-state index contributed by atoms with van der Waals surface area (Å²) >= 11 is 0. The minimum atomic E-state index is 0.319. The monoisotopic (exact) mass is 69.0 g/mol. The molecule has 2 heteroatoms. The smallest absolute Gasteiger partial charge is 0.100 e. The van der Waals surface area contributed by atoms with Gasteiger partial charge >= 0.3 is 0 Å². The Morgan fingerprint density at radius 1 is 2.00 bits per heavy atom. The zero-order valence-electron chi connectivity index (χ0n) is 3.10. The molecule has 27 valence electrons. The van der Waals surface area contributed by atoms with Gasteiger partial charge in [0.25, 0.3) is 0 Å². The normalized spacial score (nSPS) is 6.40. The van der Waals surface area contributed by atoms with Crippen LogP contribution in [0.4, 0.5) is 0 Å². The summed E-state index contributed by atoms with van der Waals surface area (Å²) in [4.78, 5) is 0. The third-order valence-corrected chi connectivity index (χ3v) is 0.229. The van der Waals surface area contributed by atoms with Crippen LogP contribution in [0, 0.1) is 11.3 Å². The molecule has 0 fully saturated rings. The van der Waals surface area contributed by atoms with Crippen LogP contribution in [0.5, 0.6) is 0 Å². The van der Waals surface area contributed by atoms with E-state index in [9.17, 15) is 0 Å². The Hall–Kier alpha value is -0.550. The van der Waals surface area contributed by atoms with Gasteiger partial charge in [-0.2, -0.15) is 5.26 Å². The van der Waals surface area contributed by atoms with Crippen molar-refractivity contribution < 1.29 is 0 Å². The highest BCUT2D eigenvalue weighted by Crippen LogP contribution is 1.42. The molecule has 0 unspecified atom stereocenters. The van der Waals surface area contributed by atoms with Crippen LogP contribution in [-0.2, 0) is 0 Å². The molecule has 0 bridgehead atoms. The molecule has 0 heterocycles. The number of hydrogen-bond donors (Lipinski definition) is 0. The average molecular weight is 69.1 g/mol. The standard InChI is InChI=1S/C3H5N2/c1-5-3-2-4/h3H2,1H3. The SMILES string of the molecule is C[N]CC#N. The van der Waals surface area contributed by atoms with Crippen LogP contribution in [0.15, 0.2) is 0 Å². The van der Waals surface area contributed by atoms with Gasteiger partial charge in [0.05, 0.1) is 6.07 Å². The van der Waals surface area contributed by atoms with E-state index in [0.29, 0.717) is 6.54 Å². The van der Waals surface area contributed by atoms with Crippen molar-refractivity contribution in [1.29, 1.82) is 5.26 Å². The lowest BCUT2D eigenvalue weighted by atomic mass is 10.7. The minimum absolute atomic E-state index is 0.319. The molecule has 0 aromatic carbocycles. The van der Waals surface area contributed by atoms with E-state index >= 15 is 0 Å². The van der Waals surface area contributed by atoms with Crippen molar-refractivity contribution in [1.82, 2.24) is 5.32 Å². The van der Waals surface area contributed by atoms with E-state index in [2.05, 4.69) is 5.32 Å². The summed E-state index contributed by atoms with van der Waals surface area (Å²) in [6.45, 7) is 0.319. The first-order valence-corrected chi connectivity index (χ1v) is 1.34. The lowest BCUT2D eigenvalue weighted by molar-refractivity contribution is 0.907. The first kappa shape index (κ1) is 4.45. The zero-order valence-corrected chi connectivity index (χ0v) is 3.10. The molecular formula is C3H5N2. The van der Waals surface area contributed by atoms with Gasteiger partial charge in [0.2, 0.25) is 0 Å². The van der Waals surface area contributed by atoms with Gasteiger partial charge in [-0.25, -0.2) is 5.32 Å². The fourth-order valence-corrected chi connectivity index (χ4v) is 0.0707. The van der Waals surface area contributed by atoms with Crippen molar-refractivity contribution >= 4 is 0 Å². The Morgan fingerprint density at radius 3 is 2.60 bits per heavy atom. The lowest BCUT2D eigenvalue weighted by Gasteiger charge is -1.69. The van der Waals surface area contributed by atoms with E-state index < -0.39 is 0 Å². The third kappa shape index (κ3) is 3.45. The lowest BCUT2D eigenvalue weighted by Crippen LogP contribution is -1.93.